The molecule has 2 aromatic carbocycles. The molecule has 0 aromatic heterocycles. The van der Waals surface area contributed by atoms with Crippen LogP contribution in [0.3, 0.4) is 0 Å². The van der Waals surface area contributed by atoms with Crippen LogP contribution in [0.15, 0.2) is 47.6 Å². The highest BCUT2D eigenvalue weighted by atomic mass is 16.5. The Kier molecular flexibility index (Phi) is 9.37. The molecule has 0 bridgehead atoms. The van der Waals surface area contributed by atoms with E-state index >= 15 is 0 Å². The lowest BCUT2D eigenvalue weighted by Crippen LogP contribution is -2.17. The summed E-state index contributed by atoms with van der Waals surface area (Å²) in [5.41, 5.74) is 4.19. The van der Waals surface area contributed by atoms with Gasteiger partial charge in [0.1, 0.15) is 0 Å². The van der Waals surface area contributed by atoms with Crippen molar-refractivity contribution >= 4 is 23.7 Å². The molecule has 0 fully saturated rings. The molecule has 7 nitrogen and oxygen atoms in total. The highest BCUT2D eigenvalue weighted by Gasteiger charge is 2.06. The lowest BCUT2D eigenvalue weighted by Gasteiger charge is -2.06. The van der Waals surface area contributed by atoms with E-state index in [-0.39, 0.29) is 17.6 Å². The van der Waals surface area contributed by atoms with Gasteiger partial charge in [-0.2, -0.15) is 5.10 Å². The summed E-state index contributed by atoms with van der Waals surface area (Å²) in [6.07, 6.45) is 7.46. The number of nitrogens with one attached hydrogen (secondary N) is 2. The van der Waals surface area contributed by atoms with E-state index in [0.717, 1.165) is 19.3 Å². The van der Waals surface area contributed by atoms with Gasteiger partial charge in [0, 0.05) is 17.7 Å². The third-order valence-corrected chi connectivity index (χ3v) is 4.52. The van der Waals surface area contributed by atoms with Crippen molar-refractivity contribution in [3.05, 3.63) is 53.6 Å². The number of hydrogen-bond acceptors (Lipinski definition) is 5. The van der Waals surface area contributed by atoms with Crippen LogP contribution in [0.2, 0.25) is 0 Å². The van der Waals surface area contributed by atoms with Crippen molar-refractivity contribution in [3.63, 3.8) is 0 Å². The Bertz CT molecular complexity index is 863. The van der Waals surface area contributed by atoms with Crippen LogP contribution in [-0.4, -0.2) is 30.2 Å². The second-order valence-corrected chi connectivity index (χ2v) is 6.92. The van der Waals surface area contributed by atoms with Gasteiger partial charge in [-0.05, 0) is 54.4 Å². The van der Waals surface area contributed by atoms with Crippen molar-refractivity contribution in [1.82, 2.24) is 5.43 Å². The first-order chi connectivity index (χ1) is 14.5. The molecule has 3 N–H and O–H groups in total. The van der Waals surface area contributed by atoms with Crippen LogP contribution in [-0.2, 0) is 4.79 Å². The number of phenols is 1. The normalized spacial score (nSPS) is 10.7. The molecule has 7 heteroatoms. The van der Waals surface area contributed by atoms with Crippen LogP contribution in [0.4, 0.5) is 5.69 Å². The summed E-state index contributed by atoms with van der Waals surface area (Å²) in [6.45, 7) is 2.16. The second-order valence-electron chi connectivity index (χ2n) is 6.92. The standard InChI is InChI=1S/C23H29N3O4/c1-3-4-5-6-7-8-22(28)25-19-12-10-18(11-13-19)23(29)26-24-16-17-9-14-20(27)21(15-17)30-2/h9-16,27H,3-8H2,1-2H3,(H,25,28)(H,26,29). The molecule has 0 atom stereocenters. The summed E-state index contributed by atoms with van der Waals surface area (Å²) >= 11 is 0. The Balaban J connectivity index is 1.81. The van der Waals surface area contributed by atoms with Gasteiger partial charge in [-0.25, -0.2) is 5.43 Å². The van der Waals surface area contributed by atoms with Crippen LogP contribution >= 0.6 is 0 Å². The number of phenolic OH excluding ortho intramolecular Hbond substituents is 1. The molecule has 0 saturated heterocycles. The first-order valence-corrected chi connectivity index (χ1v) is 10.1. The summed E-state index contributed by atoms with van der Waals surface area (Å²) in [6, 6.07) is 11.4. The molecule has 0 radical (unpaired) electrons. The molecule has 0 spiro atoms. The third-order valence-electron chi connectivity index (χ3n) is 4.52. The summed E-state index contributed by atoms with van der Waals surface area (Å²) < 4.78 is 5.03. The summed E-state index contributed by atoms with van der Waals surface area (Å²) in [5.74, 6) is -0.0327. The maximum atomic E-state index is 12.2. The smallest absolute Gasteiger partial charge is 0.271 e. The first kappa shape index (κ1) is 22.9. The number of amides is 2. The number of aromatic hydroxyl groups is 1. The minimum atomic E-state index is -0.370. The molecule has 0 aliphatic carbocycles. The zero-order chi connectivity index (χ0) is 21.8. The van der Waals surface area contributed by atoms with Crippen LogP contribution in [0, 0.1) is 0 Å². The molecule has 160 valence electrons. The molecule has 0 aliphatic heterocycles. The molecule has 30 heavy (non-hydrogen) atoms. The van der Waals surface area contributed by atoms with Crippen molar-refractivity contribution in [2.75, 3.05) is 12.4 Å². The SMILES string of the molecule is CCCCCCCC(=O)Nc1ccc(C(=O)NN=Cc2ccc(O)c(OC)c2)cc1. The molecule has 0 unspecified atom stereocenters. The largest absolute Gasteiger partial charge is 0.504 e. The highest BCUT2D eigenvalue weighted by molar-refractivity contribution is 5.96. The predicted molar refractivity (Wildman–Crippen MR) is 118 cm³/mol. The Labute approximate surface area is 177 Å². The fraction of sp³-hybridized carbons (Fsp3) is 0.348. The van der Waals surface area contributed by atoms with Crippen molar-refractivity contribution in [1.29, 1.82) is 0 Å². The number of anilines is 1. The van der Waals surface area contributed by atoms with Gasteiger partial charge in [-0.3, -0.25) is 9.59 Å². The number of hydrazone groups is 1. The van der Waals surface area contributed by atoms with Crippen LogP contribution in [0.1, 0.15) is 61.4 Å². The van der Waals surface area contributed by atoms with E-state index in [9.17, 15) is 14.7 Å². The van der Waals surface area contributed by atoms with E-state index in [1.807, 2.05) is 0 Å². The summed E-state index contributed by atoms with van der Waals surface area (Å²) in [5, 5.41) is 16.3. The number of carbonyl (C=O) groups excluding carboxylic acids is 2. The Morgan fingerprint density at radius 2 is 1.80 bits per heavy atom. The Morgan fingerprint density at radius 3 is 2.50 bits per heavy atom. The average molecular weight is 412 g/mol. The molecule has 0 saturated carbocycles. The molecule has 2 rings (SSSR count). The Morgan fingerprint density at radius 1 is 1.07 bits per heavy atom. The van der Waals surface area contributed by atoms with Gasteiger partial charge in [0.15, 0.2) is 11.5 Å². The summed E-state index contributed by atoms with van der Waals surface area (Å²) in [7, 11) is 1.46. The topological polar surface area (TPSA) is 100 Å². The minimum Gasteiger partial charge on any atom is -0.504 e. The molecule has 2 amide bonds. The fourth-order valence-corrected chi connectivity index (χ4v) is 2.82. The zero-order valence-corrected chi connectivity index (χ0v) is 17.5. The predicted octanol–water partition coefficient (Wildman–Crippen LogP) is 4.46. The van der Waals surface area contributed by atoms with Crippen molar-refractivity contribution in [3.8, 4) is 11.5 Å². The number of carbonyl (C=O) groups is 2. The zero-order valence-electron chi connectivity index (χ0n) is 17.5. The van der Waals surface area contributed by atoms with E-state index < -0.39 is 0 Å². The Hall–Kier alpha value is -3.35. The maximum Gasteiger partial charge on any atom is 0.271 e. The van der Waals surface area contributed by atoms with Gasteiger partial charge in [0.05, 0.1) is 13.3 Å². The molecule has 2 aromatic rings. The highest BCUT2D eigenvalue weighted by Crippen LogP contribution is 2.25. The molecule has 0 heterocycles. The summed E-state index contributed by atoms with van der Waals surface area (Å²) in [4.78, 5) is 24.2. The number of rotatable bonds is 11. The average Bonchev–Trinajstić information content (AvgIpc) is 2.75. The van der Waals surface area contributed by atoms with Gasteiger partial charge in [-0.15, -0.1) is 0 Å². The second kappa shape index (κ2) is 12.3. The lowest BCUT2D eigenvalue weighted by atomic mass is 10.1. The number of methoxy groups -OCH3 is 1. The van der Waals surface area contributed by atoms with Crippen molar-refractivity contribution < 1.29 is 19.4 Å². The minimum absolute atomic E-state index is 0.0161. The van der Waals surface area contributed by atoms with Crippen molar-refractivity contribution in [2.24, 2.45) is 5.10 Å². The van der Waals surface area contributed by atoms with E-state index in [1.54, 1.807) is 36.4 Å². The van der Waals surface area contributed by atoms with Gasteiger partial charge in [-0.1, -0.05) is 32.6 Å². The van der Waals surface area contributed by atoms with E-state index in [4.69, 9.17) is 4.74 Å². The number of benzene rings is 2. The van der Waals surface area contributed by atoms with Gasteiger partial charge in [0.2, 0.25) is 5.91 Å². The molecular formula is C23H29N3O4. The van der Waals surface area contributed by atoms with Gasteiger partial charge < -0.3 is 15.2 Å². The van der Waals surface area contributed by atoms with Crippen LogP contribution in [0.25, 0.3) is 0 Å². The fourth-order valence-electron chi connectivity index (χ4n) is 2.82. The van der Waals surface area contributed by atoms with E-state index in [2.05, 4.69) is 22.8 Å². The number of nitrogens with zero attached hydrogens (tertiary/aromatic N) is 1. The van der Waals surface area contributed by atoms with Gasteiger partial charge >= 0.3 is 0 Å². The molecule has 0 aliphatic rings. The first-order valence-electron chi connectivity index (χ1n) is 10.1. The quantitative estimate of drug-likeness (QED) is 0.289. The maximum absolute atomic E-state index is 12.2. The lowest BCUT2D eigenvalue weighted by molar-refractivity contribution is -0.116. The van der Waals surface area contributed by atoms with Crippen molar-refractivity contribution in [2.45, 2.75) is 45.4 Å². The van der Waals surface area contributed by atoms with Gasteiger partial charge in [0.25, 0.3) is 5.91 Å². The molecular weight excluding hydrogens is 382 g/mol. The van der Waals surface area contributed by atoms with Crippen LogP contribution < -0.4 is 15.5 Å². The van der Waals surface area contributed by atoms with E-state index in [1.165, 1.54) is 32.2 Å². The third kappa shape index (κ3) is 7.58. The number of ether oxygens (including phenoxy) is 1. The monoisotopic (exact) mass is 411 g/mol. The van der Waals surface area contributed by atoms with E-state index in [0.29, 0.717) is 29.0 Å². The number of unbranched alkanes of at least 4 members (excludes halogenated alkanes) is 4. The van der Waals surface area contributed by atoms with Crippen LogP contribution in [0.5, 0.6) is 11.5 Å². The number of hydrogen-bond donors (Lipinski definition) is 3.